The van der Waals surface area contributed by atoms with Crippen molar-refractivity contribution in [2.24, 2.45) is 0 Å². The zero-order valence-electron chi connectivity index (χ0n) is 12.8. The Labute approximate surface area is 150 Å². The molecule has 1 aromatic heterocycles. The number of amides is 1. The second kappa shape index (κ2) is 7.67. The van der Waals surface area contributed by atoms with Gasteiger partial charge in [0.25, 0.3) is 5.91 Å². The molecule has 0 radical (unpaired) electrons. The molecule has 9 heteroatoms. The minimum Gasteiger partial charge on any atom is -0.452 e. The number of carbonyl (C=O) groups is 2. The van der Waals surface area contributed by atoms with Gasteiger partial charge >= 0.3 is 5.97 Å². The van der Waals surface area contributed by atoms with Crippen LogP contribution < -0.4 is 5.32 Å². The van der Waals surface area contributed by atoms with Gasteiger partial charge in [0.1, 0.15) is 6.33 Å². The van der Waals surface area contributed by atoms with Gasteiger partial charge in [0, 0.05) is 4.47 Å². The molecule has 8 nitrogen and oxygen atoms in total. The standard InChI is InChI=1S/C16H12BrN5O3/c17-13-6-1-2-7-14(13)19-15(23)9-25-16(24)11-4-3-5-12(8-11)22-10-18-20-21-22/h1-8,10H,9H2,(H,19,23). The molecular formula is C16H12BrN5O3. The Hall–Kier alpha value is -3.07. The first-order chi connectivity index (χ1) is 12.1. The number of ether oxygens (including phenoxy) is 1. The highest BCUT2D eigenvalue weighted by molar-refractivity contribution is 9.10. The number of tetrazole rings is 1. The van der Waals surface area contributed by atoms with Gasteiger partial charge in [0.05, 0.1) is 16.9 Å². The van der Waals surface area contributed by atoms with Crippen LogP contribution in [0.2, 0.25) is 0 Å². The zero-order chi connectivity index (χ0) is 17.6. The van der Waals surface area contributed by atoms with E-state index in [9.17, 15) is 9.59 Å². The van der Waals surface area contributed by atoms with Crippen molar-refractivity contribution in [1.82, 2.24) is 20.2 Å². The van der Waals surface area contributed by atoms with E-state index in [1.165, 1.54) is 11.0 Å². The molecule has 0 aliphatic rings. The first-order valence-electron chi connectivity index (χ1n) is 7.18. The number of rotatable bonds is 5. The van der Waals surface area contributed by atoms with E-state index in [0.29, 0.717) is 16.9 Å². The number of nitrogens with one attached hydrogen (secondary N) is 1. The average Bonchev–Trinajstić information content (AvgIpc) is 3.16. The molecule has 2 aromatic carbocycles. The maximum Gasteiger partial charge on any atom is 0.338 e. The summed E-state index contributed by atoms with van der Waals surface area (Å²) in [6.07, 6.45) is 1.41. The zero-order valence-corrected chi connectivity index (χ0v) is 14.4. The van der Waals surface area contributed by atoms with E-state index in [4.69, 9.17) is 4.74 Å². The van der Waals surface area contributed by atoms with Crippen LogP contribution in [0.3, 0.4) is 0 Å². The highest BCUT2D eigenvalue weighted by Gasteiger charge is 2.12. The summed E-state index contributed by atoms with van der Waals surface area (Å²) >= 11 is 3.33. The van der Waals surface area contributed by atoms with Crippen molar-refractivity contribution in [2.75, 3.05) is 11.9 Å². The molecule has 25 heavy (non-hydrogen) atoms. The van der Waals surface area contributed by atoms with Crippen LogP contribution in [0.25, 0.3) is 5.69 Å². The number of esters is 1. The fraction of sp³-hybridized carbons (Fsp3) is 0.0625. The Morgan fingerprint density at radius 1 is 1.16 bits per heavy atom. The summed E-state index contributed by atoms with van der Waals surface area (Å²) < 4.78 is 7.20. The topological polar surface area (TPSA) is 99.0 Å². The molecule has 0 aliphatic carbocycles. The molecule has 0 aliphatic heterocycles. The smallest absolute Gasteiger partial charge is 0.338 e. The van der Waals surface area contributed by atoms with E-state index in [-0.39, 0.29) is 0 Å². The van der Waals surface area contributed by atoms with E-state index in [2.05, 4.69) is 36.8 Å². The summed E-state index contributed by atoms with van der Waals surface area (Å²) in [5, 5.41) is 13.5. The van der Waals surface area contributed by atoms with E-state index < -0.39 is 18.5 Å². The quantitative estimate of drug-likeness (QED) is 0.658. The lowest BCUT2D eigenvalue weighted by Gasteiger charge is -2.08. The van der Waals surface area contributed by atoms with Crippen molar-refractivity contribution in [1.29, 1.82) is 0 Å². The van der Waals surface area contributed by atoms with Gasteiger partial charge in [-0.2, -0.15) is 0 Å². The van der Waals surface area contributed by atoms with Crippen LogP contribution in [0.1, 0.15) is 10.4 Å². The minimum absolute atomic E-state index is 0.293. The molecule has 0 bridgehead atoms. The summed E-state index contributed by atoms with van der Waals surface area (Å²) in [4.78, 5) is 24.0. The Balaban J connectivity index is 1.60. The average molecular weight is 402 g/mol. The number of nitrogens with zero attached hydrogens (tertiary/aromatic N) is 4. The van der Waals surface area contributed by atoms with Gasteiger partial charge in [-0.1, -0.05) is 18.2 Å². The number of benzene rings is 2. The van der Waals surface area contributed by atoms with Gasteiger partial charge in [-0.25, -0.2) is 9.48 Å². The molecule has 1 heterocycles. The van der Waals surface area contributed by atoms with Crippen molar-refractivity contribution in [2.45, 2.75) is 0 Å². The van der Waals surface area contributed by atoms with Crippen molar-refractivity contribution < 1.29 is 14.3 Å². The Morgan fingerprint density at radius 3 is 2.76 bits per heavy atom. The van der Waals surface area contributed by atoms with E-state index >= 15 is 0 Å². The molecule has 0 saturated heterocycles. The number of halogens is 1. The number of hydrogen-bond acceptors (Lipinski definition) is 6. The van der Waals surface area contributed by atoms with Crippen LogP contribution in [0.5, 0.6) is 0 Å². The van der Waals surface area contributed by atoms with E-state index in [1.54, 1.807) is 42.5 Å². The number of carbonyl (C=O) groups excluding carboxylic acids is 2. The number of aromatic nitrogens is 4. The van der Waals surface area contributed by atoms with Crippen LogP contribution in [0.15, 0.2) is 59.3 Å². The van der Waals surface area contributed by atoms with Crippen LogP contribution in [0.4, 0.5) is 5.69 Å². The molecule has 0 spiro atoms. The normalized spacial score (nSPS) is 10.3. The molecule has 0 atom stereocenters. The second-order valence-corrected chi connectivity index (χ2v) is 5.76. The van der Waals surface area contributed by atoms with Crippen molar-refractivity contribution in [3.05, 3.63) is 64.9 Å². The minimum atomic E-state index is -0.614. The van der Waals surface area contributed by atoms with Crippen molar-refractivity contribution in [3.63, 3.8) is 0 Å². The third kappa shape index (κ3) is 4.27. The van der Waals surface area contributed by atoms with Gasteiger partial charge in [-0.3, -0.25) is 4.79 Å². The van der Waals surface area contributed by atoms with E-state index in [1.807, 2.05) is 6.07 Å². The molecule has 1 N–H and O–H groups in total. The van der Waals surface area contributed by atoms with Crippen molar-refractivity contribution in [3.8, 4) is 5.69 Å². The van der Waals surface area contributed by atoms with Crippen LogP contribution in [-0.4, -0.2) is 38.7 Å². The Morgan fingerprint density at radius 2 is 2.00 bits per heavy atom. The van der Waals surface area contributed by atoms with Gasteiger partial charge in [0.15, 0.2) is 6.61 Å². The van der Waals surface area contributed by atoms with Crippen LogP contribution >= 0.6 is 15.9 Å². The fourth-order valence-electron chi connectivity index (χ4n) is 2.02. The first kappa shape index (κ1) is 16.8. The van der Waals surface area contributed by atoms with Crippen LogP contribution in [0, 0.1) is 0 Å². The molecule has 0 saturated carbocycles. The molecule has 126 valence electrons. The molecule has 0 unspecified atom stereocenters. The third-order valence-electron chi connectivity index (χ3n) is 3.18. The Kier molecular flexibility index (Phi) is 5.14. The lowest BCUT2D eigenvalue weighted by Crippen LogP contribution is -2.21. The number of para-hydroxylation sites is 1. The SMILES string of the molecule is O=C(COC(=O)c1cccc(-n2cnnn2)c1)Nc1ccccc1Br. The van der Waals surface area contributed by atoms with Crippen LogP contribution in [-0.2, 0) is 9.53 Å². The maximum absolute atomic E-state index is 12.1. The number of anilines is 1. The summed E-state index contributed by atoms with van der Waals surface area (Å²) in [5.41, 5.74) is 1.50. The highest BCUT2D eigenvalue weighted by Crippen LogP contribution is 2.21. The largest absolute Gasteiger partial charge is 0.452 e. The molecule has 3 aromatic rings. The lowest BCUT2D eigenvalue weighted by molar-refractivity contribution is -0.119. The fourth-order valence-corrected chi connectivity index (χ4v) is 2.40. The molecule has 0 fully saturated rings. The monoisotopic (exact) mass is 401 g/mol. The summed E-state index contributed by atoms with van der Waals surface area (Å²) in [6, 6.07) is 13.7. The Bertz CT molecular complexity index is 898. The van der Waals surface area contributed by atoms with Gasteiger partial charge in [-0.05, 0) is 56.7 Å². The maximum atomic E-state index is 12.1. The summed E-state index contributed by atoms with van der Waals surface area (Å²) in [6.45, 7) is -0.394. The molecule has 3 rings (SSSR count). The van der Waals surface area contributed by atoms with Crippen molar-refractivity contribution >= 4 is 33.5 Å². The predicted molar refractivity (Wildman–Crippen MR) is 92.2 cm³/mol. The summed E-state index contributed by atoms with van der Waals surface area (Å²) in [7, 11) is 0. The van der Waals surface area contributed by atoms with Gasteiger partial charge < -0.3 is 10.1 Å². The highest BCUT2D eigenvalue weighted by atomic mass is 79.9. The third-order valence-corrected chi connectivity index (χ3v) is 3.87. The van der Waals surface area contributed by atoms with Gasteiger partial charge in [0.2, 0.25) is 0 Å². The van der Waals surface area contributed by atoms with Gasteiger partial charge in [-0.15, -0.1) is 5.10 Å². The second-order valence-electron chi connectivity index (χ2n) is 4.91. The lowest BCUT2D eigenvalue weighted by atomic mass is 10.2. The number of hydrogen-bond donors (Lipinski definition) is 1. The molecule has 1 amide bonds. The van der Waals surface area contributed by atoms with E-state index in [0.717, 1.165) is 4.47 Å². The predicted octanol–water partition coefficient (Wildman–Crippen LogP) is 2.22. The molecular weight excluding hydrogens is 390 g/mol. The summed E-state index contributed by atoms with van der Waals surface area (Å²) in [5.74, 6) is -1.05. The first-order valence-corrected chi connectivity index (χ1v) is 7.98.